The highest BCUT2D eigenvalue weighted by molar-refractivity contribution is 4.87. The van der Waals surface area contributed by atoms with Crippen LogP contribution in [0.15, 0.2) is 0 Å². The highest BCUT2D eigenvalue weighted by Crippen LogP contribution is 2.37. The molecule has 2 saturated carbocycles. The summed E-state index contributed by atoms with van der Waals surface area (Å²) in [5.41, 5.74) is 0. The lowest BCUT2D eigenvalue weighted by molar-refractivity contribution is 0.191. The van der Waals surface area contributed by atoms with E-state index in [4.69, 9.17) is 0 Å². The highest BCUT2D eigenvalue weighted by atomic mass is 14.9. The lowest BCUT2D eigenvalue weighted by atomic mass is 9.75. The fourth-order valence-electron chi connectivity index (χ4n) is 3.82. The van der Waals surface area contributed by atoms with Gasteiger partial charge in [-0.2, -0.15) is 0 Å². The highest BCUT2D eigenvalue weighted by Gasteiger charge is 2.32. The van der Waals surface area contributed by atoms with Crippen LogP contribution in [-0.4, -0.2) is 13.1 Å². The summed E-state index contributed by atoms with van der Waals surface area (Å²) in [5, 5.41) is 3.63. The van der Waals surface area contributed by atoms with Gasteiger partial charge in [0.25, 0.3) is 0 Å². The van der Waals surface area contributed by atoms with Crippen molar-refractivity contribution in [2.45, 2.75) is 64.3 Å². The van der Waals surface area contributed by atoms with Gasteiger partial charge in [0.05, 0.1) is 0 Å². The second kappa shape index (κ2) is 5.34. The zero-order chi connectivity index (χ0) is 10.7. The predicted octanol–water partition coefficient (Wildman–Crippen LogP) is 3.59. The third-order valence-electron chi connectivity index (χ3n) is 4.81. The molecule has 2 rings (SSSR count). The Bertz CT molecular complexity index is 176. The molecule has 0 radical (unpaired) electrons. The molecule has 0 aromatic heterocycles. The Morgan fingerprint density at radius 1 is 0.867 bits per heavy atom. The molecule has 0 aromatic rings. The molecule has 0 spiro atoms. The molecule has 0 saturated heterocycles. The van der Waals surface area contributed by atoms with Crippen LogP contribution >= 0.6 is 0 Å². The SMILES string of the molecule is CNC(C1CCCC1)C1CCC(C)CC1. The second-order valence-corrected chi connectivity index (χ2v) is 5.88. The molecule has 0 amide bonds. The molecular formula is C14H27N. The zero-order valence-corrected chi connectivity index (χ0v) is 10.5. The topological polar surface area (TPSA) is 12.0 Å². The van der Waals surface area contributed by atoms with Gasteiger partial charge in [0.2, 0.25) is 0 Å². The van der Waals surface area contributed by atoms with Crippen molar-refractivity contribution in [2.75, 3.05) is 7.05 Å². The van der Waals surface area contributed by atoms with Crippen LogP contribution in [0, 0.1) is 17.8 Å². The summed E-state index contributed by atoms with van der Waals surface area (Å²) in [6.45, 7) is 2.42. The van der Waals surface area contributed by atoms with E-state index in [1.807, 2.05) is 0 Å². The number of rotatable bonds is 3. The minimum absolute atomic E-state index is 0.833. The lowest BCUT2D eigenvalue weighted by Gasteiger charge is -2.36. The fourth-order valence-corrected chi connectivity index (χ4v) is 3.82. The van der Waals surface area contributed by atoms with Gasteiger partial charge in [-0.05, 0) is 50.5 Å². The molecule has 15 heavy (non-hydrogen) atoms. The summed E-state index contributed by atoms with van der Waals surface area (Å²) >= 11 is 0. The summed E-state index contributed by atoms with van der Waals surface area (Å²) in [6, 6.07) is 0.833. The molecule has 2 aliphatic rings. The molecule has 0 heterocycles. The van der Waals surface area contributed by atoms with E-state index in [1.54, 1.807) is 0 Å². The van der Waals surface area contributed by atoms with Crippen molar-refractivity contribution in [3.63, 3.8) is 0 Å². The van der Waals surface area contributed by atoms with Gasteiger partial charge in [0.1, 0.15) is 0 Å². The molecule has 2 fully saturated rings. The summed E-state index contributed by atoms with van der Waals surface area (Å²) in [7, 11) is 2.18. The van der Waals surface area contributed by atoms with Crippen molar-refractivity contribution in [1.29, 1.82) is 0 Å². The van der Waals surface area contributed by atoms with Gasteiger partial charge in [-0.1, -0.05) is 32.6 Å². The molecule has 2 aliphatic carbocycles. The Kier molecular flexibility index (Phi) is 4.07. The van der Waals surface area contributed by atoms with E-state index in [-0.39, 0.29) is 0 Å². The first-order valence-corrected chi connectivity index (χ1v) is 6.98. The van der Waals surface area contributed by atoms with E-state index < -0.39 is 0 Å². The largest absolute Gasteiger partial charge is 0.316 e. The van der Waals surface area contributed by atoms with Crippen LogP contribution in [0.4, 0.5) is 0 Å². The zero-order valence-electron chi connectivity index (χ0n) is 10.5. The molecule has 1 heteroatoms. The van der Waals surface area contributed by atoms with Crippen LogP contribution in [-0.2, 0) is 0 Å². The van der Waals surface area contributed by atoms with Gasteiger partial charge < -0.3 is 5.32 Å². The first kappa shape index (κ1) is 11.4. The van der Waals surface area contributed by atoms with Crippen LogP contribution in [0.3, 0.4) is 0 Å². The first-order chi connectivity index (χ1) is 7.31. The normalized spacial score (nSPS) is 35.6. The van der Waals surface area contributed by atoms with Crippen LogP contribution < -0.4 is 5.32 Å². The fraction of sp³-hybridized carbons (Fsp3) is 1.00. The Hall–Kier alpha value is -0.0400. The van der Waals surface area contributed by atoms with Crippen molar-refractivity contribution in [3.8, 4) is 0 Å². The van der Waals surface area contributed by atoms with Crippen molar-refractivity contribution in [3.05, 3.63) is 0 Å². The Morgan fingerprint density at radius 3 is 1.93 bits per heavy atom. The van der Waals surface area contributed by atoms with E-state index in [9.17, 15) is 0 Å². The summed E-state index contributed by atoms with van der Waals surface area (Å²) in [6.07, 6.45) is 11.8. The minimum atomic E-state index is 0.833. The maximum atomic E-state index is 3.63. The van der Waals surface area contributed by atoms with E-state index in [1.165, 1.54) is 51.4 Å². The molecule has 0 bridgehead atoms. The van der Waals surface area contributed by atoms with Crippen molar-refractivity contribution >= 4 is 0 Å². The van der Waals surface area contributed by atoms with Gasteiger partial charge in [-0.15, -0.1) is 0 Å². The molecule has 88 valence electrons. The number of nitrogens with one attached hydrogen (secondary N) is 1. The van der Waals surface area contributed by atoms with E-state index >= 15 is 0 Å². The minimum Gasteiger partial charge on any atom is -0.316 e. The summed E-state index contributed by atoms with van der Waals surface area (Å²) in [5.74, 6) is 2.96. The maximum absolute atomic E-state index is 3.63. The third-order valence-corrected chi connectivity index (χ3v) is 4.81. The lowest BCUT2D eigenvalue weighted by Crippen LogP contribution is -2.40. The Morgan fingerprint density at radius 2 is 1.40 bits per heavy atom. The van der Waals surface area contributed by atoms with Crippen LogP contribution in [0.2, 0.25) is 0 Å². The van der Waals surface area contributed by atoms with Gasteiger partial charge in [0, 0.05) is 6.04 Å². The molecule has 0 aromatic carbocycles. The molecule has 0 aliphatic heterocycles. The van der Waals surface area contributed by atoms with Crippen molar-refractivity contribution in [1.82, 2.24) is 5.32 Å². The van der Waals surface area contributed by atoms with E-state index in [2.05, 4.69) is 19.3 Å². The average molecular weight is 209 g/mol. The molecule has 1 nitrogen and oxygen atoms in total. The smallest absolute Gasteiger partial charge is 0.0121 e. The van der Waals surface area contributed by atoms with Crippen molar-refractivity contribution < 1.29 is 0 Å². The number of hydrogen-bond acceptors (Lipinski definition) is 1. The van der Waals surface area contributed by atoms with Gasteiger partial charge in [-0.25, -0.2) is 0 Å². The first-order valence-electron chi connectivity index (χ1n) is 6.98. The van der Waals surface area contributed by atoms with Gasteiger partial charge >= 0.3 is 0 Å². The maximum Gasteiger partial charge on any atom is 0.0121 e. The van der Waals surface area contributed by atoms with E-state index in [0.29, 0.717) is 0 Å². The Labute approximate surface area is 95.0 Å². The van der Waals surface area contributed by atoms with Crippen molar-refractivity contribution in [2.24, 2.45) is 17.8 Å². The monoisotopic (exact) mass is 209 g/mol. The predicted molar refractivity (Wildman–Crippen MR) is 65.9 cm³/mol. The quantitative estimate of drug-likeness (QED) is 0.749. The molecular weight excluding hydrogens is 182 g/mol. The van der Waals surface area contributed by atoms with Crippen LogP contribution in [0.25, 0.3) is 0 Å². The number of hydrogen-bond donors (Lipinski definition) is 1. The molecule has 1 atom stereocenters. The average Bonchev–Trinajstić information content (AvgIpc) is 2.75. The molecule has 1 N–H and O–H groups in total. The third kappa shape index (κ3) is 2.75. The van der Waals surface area contributed by atoms with Crippen LogP contribution in [0.5, 0.6) is 0 Å². The van der Waals surface area contributed by atoms with Gasteiger partial charge in [-0.3, -0.25) is 0 Å². The molecule has 1 unspecified atom stereocenters. The summed E-state index contributed by atoms with van der Waals surface area (Å²) in [4.78, 5) is 0. The standard InChI is InChI=1S/C14H27N/c1-11-7-9-13(10-8-11)14(15-2)12-5-3-4-6-12/h11-15H,3-10H2,1-2H3. The van der Waals surface area contributed by atoms with Gasteiger partial charge in [0.15, 0.2) is 0 Å². The van der Waals surface area contributed by atoms with E-state index in [0.717, 1.165) is 23.8 Å². The summed E-state index contributed by atoms with van der Waals surface area (Å²) < 4.78 is 0. The van der Waals surface area contributed by atoms with Crippen LogP contribution in [0.1, 0.15) is 58.3 Å². The second-order valence-electron chi connectivity index (χ2n) is 5.88. The Balaban J connectivity index is 1.88.